The summed E-state index contributed by atoms with van der Waals surface area (Å²) in [5.74, 6) is 0. The van der Waals surface area contributed by atoms with Gasteiger partial charge in [0.1, 0.15) is 0 Å². The quantitative estimate of drug-likeness (QED) is 0.649. The Balaban J connectivity index is 2.41. The number of ether oxygens (including phenoxy) is 1. The van der Waals surface area contributed by atoms with E-state index >= 15 is 0 Å². The molecule has 0 bridgehead atoms. The Kier molecular flexibility index (Phi) is 2.23. The molecular formula is C11H11NO. The molecule has 1 heterocycles. The zero-order chi connectivity index (χ0) is 9.10. The molecule has 1 aliphatic carbocycles. The third-order valence-electron chi connectivity index (χ3n) is 2.09. The summed E-state index contributed by atoms with van der Waals surface area (Å²) in [5, 5.41) is 0. The summed E-state index contributed by atoms with van der Waals surface area (Å²) in [6.45, 7) is 0. The Morgan fingerprint density at radius 2 is 2.00 bits per heavy atom. The summed E-state index contributed by atoms with van der Waals surface area (Å²) in [4.78, 5) is 4.06. The van der Waals surface area contributed by atoms with Crippen molar-refractivity contribution in [2.24, 2.45) is 0 Å². The molecule has 13 heavy (non-hydrogen) atoms. The molecule has 1 aromatic heterocycles. The second kappa shape index (κ2) is 3.54. The molecule has 0 fully saturated rings. The van der Waals surface area contributed by atoms with Crippen molar-refractivity contribution >= 4 is 12.2 Å². The van der Waals surface area contributed by atoms with Gasteiger partial charge in [-0.1, -0.05) is 24.3 Å². The van der Waals surface area contributed by atoms with Crippen molar-refractivity contribution in [1.82, 2.24) is 4.98 Å². The molecule has 66 valence electrons. The maximum absolute atomic E-state index is 5.21. The van der Waals surface area contributed by atoms with Crippen LogP contribution in [0.3, 0.4) is 0 Å². The van der Waals surface area contributed by atoms with Gasteiger partial charge < -0.3 is 4.74 Å². The van der Waals surface area contributed by atoms with Gasteiger partial charge in [0.2, 0.25) is 0 Å². The largest absolute Gasteiger partial charge is 0.373 e. The van der Waals surface area contributed by atoms with E-state index in [9.17, 15) is 0 Å². The van der Waals surface area contributed by atoms with Crippen molar-refractivity contribution in [3.05, 3.63) is 41.7 Å². The van der Waals surface area contributed by atoms with Crippen LogP contribution in [0.2, 0.25) is 0 Å². The van der Waals surface area contributed by atoms with Crippen molar-refractivity contribution in [1.29, 1.82) is 0 Å². The summed E-state index contributed by atoms with van der Waals surface area (Å²) >= 11 is 0. The smallest absolute Gasteiger partial charge is 0.0940 e. The van der Waals surface area contributed by atoms with Gasteiger partial charge in [0, 0.05) is 19.5 Å². The number of fused-ring (bicyclic) bond motifs is 1. The second-order valence-electron chi connectivity index (χ2n) is 2.92. The van der Waals surface area contributed by atoms with Crippen LogP contribution in [-0.4, -0.2) is 18.2 Å². The first kappa shape index (κ1) is 8.20. The number of nitrogens with zero attached hydrogens (tertiary/aromatic N) is 1. The van der Waals surface area contributed by atoms with Crippen LogP contribution in [0.1, 0.15) is 11.1 Å². The summed E-state index contributed by atoms with van der Waals surface area (Å²) in [5.41, 5.74) is 2.32. The van der Waals surface area contributed by atoms with Gasteiger partial charge in [0.15, 0.2) is 0 Å². The molecule has 2 rings (SSSR count). The minimum Gasteiger partial charge on any atom is -0.373 e. The molecule has 1 unspecified atom stereocenters. The van der Waals surface area contributed by atoms with Gasteiger partial charge in [0.05, 0.1) is 6.10 Å². The maximum atomic E-state index is 5.21. The third-order valence-corrected chi connectivity index (χ3v) is 2.09. The van der Waals surface area contributed by atoms with Gasteiger partial charge >= 0.3 is 0 Å². The summed E-state index contributed by atoms with van der Waals surface area (Å²) in [6.07, 6.45) is 11.9. The highest BCUT2D eigenvalue weighted by atomic mass is 16.5. The average molecular weight is 173 g/mol. The second-order valence-corrected chi connectivity index (χ2v) is 2.92. The Morgan fingerprint density at radius 1 is 1.23 bits per heavy atom. The van der Waals surface area contributed by atoms with E-state index in [1.54, 1.807) is 13.3 Å². The third kappa shape index (κ3) is 1.68. The summed E-state index contributed by atoms with van der Waals surface area (Å²) in [6, 6.07) is 1.99. The molecule has 0 radical (unpaired) electrons. The van der Waals surface area contributed by atoms with Crippen LogP contribution >= 0.6 is 0 Å². The zero-order valence-electron chi connectivity index (χ0n) is 7.47. The molecule has 0 saturated carbocycles. The predicted octanol–water partition coefficient (Wildman–Crippen LogP) is 2.14. The Labute approximate surface area is 77.6 Å². The highest BCUT2D eigenvalue weighted by Crippen LogP contribution is 2.16. The first-order valence-electron chi connectivity index (χ1n) is 4.23. The standard InChI is InChI=1S/C11H11NO/c1-13-11-4-2-9-6-7-12-8-10(9)3-5-11/h2-8,11H,1H3. The Morgan fingerprint density at radius 3 is 2.77 bits per heavy atom. The monoisotopic (exact) mass is 173 g/mol. The first-order valence-corrected chi connectivity index (χ1v) is 4.23. The minimum atomic E-state index is 0.0763. The number of pyridine rings is 1. The van der Waals surface area contributed by atoms with Crippen LogP contribution in [-0.2, 0) is 4.74 Å². The van der Waals surface area contributed by atoms with E-state index in [2.05, 4.69) is 11.1 Å². The van der Waals surface area contributed by atoms with E-state index in [1.807, 2.05) is 30.5 Å². The molecule has 2 heteroatoms. The highest BCUT2D eigenvalue weighted by Gasteiger charge is 2.03. The van der Waals surface area contributed by atoms with Gasteiger partial charge in [-0.15, -0.1) is 0 Å². The molecule has 0 N–H and O–H groups in total. The number of aromatic nitrogens is 1. The highest BCUT2D eigenvalue weighted by molar-refractivity contribution is 5.67. The van der Waals surface area contributed by atoms with E-state index in [4.69, 9.17) is 4.74 Å². The number of rotatable bonds is 1. The van der Waals surface area contributed by atoms with E-state index < -0.39 is 0 Å². The lowest BCUT2D eigenvalue weighted by Gasteiger charge is -2.01. The van der Waals surface area contributed by atoms with Crippen molar-refractivity contribution in [3.8, 4) is 0 Å². The van der Waals surface area contributed by atoms with Crippen LogP contribution in [0.4, 0.5) is 0 Å². The molecule has 1 atom stereocenters. The van der Waals surface area contributed by atoms with Gasteiger partial charge in [-0.25, -0.2) is 0 Å². The van der Waals surface area contributed by atoms with Gasteiger partial charge in [0.25, 0.3) is 0 Å². The van der Waals surface area contributed by atoms with Crippen molar-refractivity contribution in [3.63, 3.8) is 0 Å². The molecule has 0 spiro atoms. The lowest BCUT2D eigenvalue weighted by Crippen LogP contribution is -2.00. The van der Waals surface area contributed by atoms with Gasteiger partial charge in [-0.3, -0.25) is 4.98 Å². The van der Waals surface area contributed by atoms with E-state index in [0.29, 0.717) is 0 Å². The molecular weight excluding hydrogens is 162 g/mol. The topological polar surface area (TPSA) is 22.1 Å². The maximum Gasteiger partial charge on any atom is 0.0940 e. The number of hydrogen-bond donors (Lipinski definition) is 0. The normalized spacial score (nSPS) is 19.6. The van der Waals surface area contributed by atoms with Gasteiger partial charge in [-0.05, 0) is 17.2 Å². The SMILES string of the molecule is COC1C=Cc2ccncc2C=C1. The van der Waals surface area contributed by atoms with Crippen LogP contribution in [0.25, 0.3) is 12.2 Å². The first-order chi connectivity index (χ1) is 6.40. The number of hydrogen-bond acceptors (Lipinski definition) is 2. The van der Waals surface area contributed by atoms with Gasteiger partial charge in [-0.2, -0.15) is 0 Å². The Hall–Kier alpha value is -1.41. The van der Waals surface area contributed by atoms with Crippen molar-refractivity contribution in [2.75, 3.05) is 7.11 Å². The van der Waals surface area contributed by atoms with Crippen molar-refractivity contribution < 1.29 is 4.74 Å². The summed E-state index contributed by atoms with van der Waals surface area (Å²) < 4.78 is 5.21. The zero-order valence-corrected chi connectivity index (χ0v) is 7.47. The summed E-state index contributed by atoms with van der Waals surface area (Å²) in [7, 11) is 1.70. The van der Waals surface area contributed by atoms with Crippen LogP contribution in [0.15, 0.2) is 30.6 Å². The van der Waals surface area contributed by atoms with Crippen molar-refractivity contribution in [2.45, 2.75) is 6.10 Å². The van der Waals surface area contributed by atoms with E-state index in [1.165, 1.54) is 5.56 Å². The van der Waals surface area contributed by atoms with Crippen LogP contribution in [0, 0.1) is 0 Å². The fourth-order valence-electron chi connectivity index (χ4n) is 1.33. The molecule has 0 aromatic carbocycles. The molecule has 2 nitrogen and oxygen atoms in total. The Bertz CT molecular complexity index is 322. The number of methoxy groups -OCH3 is 1. The van der Waals surface area contributed by atoms with E-state index in [-0.39, 0.29) is 6.10 Å². The molecule has 0 saturated heterocycles. The molecule has 0 amide bonds. The van der Waals surface area contributed by atoms with Crippen LogP contribution < -0.4 is 0 Å². The molecule has 1 aliphatic rings. The van der Waals surface area contributed by atoms with Crippen LogP contribution in [0.5, 0.6) is 0 Å². The fourth-order valence-corrected chi connectivity index (χ4v) is 1.33. The average Bonchev–Trinajstić information content (AvgIpc) is 2.39. The lowest BCUT2D eigenvalue weighted by molar-refractivity contribution is 0.179. The predicted molar refractivity (Wildman–Crippen MR) is 53.1 cm³/mol. The lowest BCUT2D eigenvalue weighted by atomic mass is 10.1. The fraction of sp³-hybridized carbons (Fsp3) is 0.182. The van der Waals surface area contributed by atoms with E-state index in [0.717, 1.165) is 5.56 Å². The minimum absolute atomic E-state index is 0.0763. The molecule has 0 aliphatic heterocycles. The molecule has 1 aromatic rings.